The van der Waals surface area contributed by atoms with Gasteiger partial charge in [0.2, 0.25) is 0 Å². The third-order valence-corrected chi connectivity index (χ3v) is 3.91. The SMILES string of the molecule is O=C(Nc1cccnc1-c1cccc(Cl)c1)c1cnn2cccnc12. The Morgan fingerprint density at radius 3 is 2.84 bits per heavy atom. The van der Waals surface area contributed by atoms with E-state index in [1.54, 1.807) is 53.4 Å². The first-order valence-corrected chi connectivity index (χ1v) is 7.91. The number of benzene rings is 1. The molecule has 122 valence electrons. The zero-order chi connectivity index (χ0) is 17.2. The van der Waals surface area contributed by atoms with Crippen LogP contribution in [0.25, 0.3) is 16.9 Å². The first kappa shape index (κ1) is 15.3. The van der Waals surface area contributed by atoms with Gasteiger partial charge in [-0.3, -0.25) is 9.78 Å². The Labute approximate surface area is 148 Å². The number of nitrogens with one attached hydrogen (secondary N) is 1. The highest BCUT2D eigenvalue weighted by molar-refractivity contribution is 6.30. The summed E-state index contributed by atoms with van der Waals surface area (Å²) in [6.45, 7) is 0. The van der Waals surface area contributed by atoms with Gasteiger partial charge < -0.3 is 5.32 Å². The summed E-state index contributed by atoms with van der Waals surface area (Å²) < 4.78 is 1.55. The molecule has 0 saturated carbocycles. The van der Waals surface area contributed by atoms with Gasteiger partial charge >= 0.3 is 0 Å². The van der Waals surface area contributed by atoms with E-state index in [0.29, 0.717) is 27.6 Å². The van der Waals surface area contributed by atoms with Gasteiger partial charge in [0.1, 0.15) is 5.56 Å². The fraction of sp³-hybridized carbons (Fsp3) is 0. The summed E-state index contributed by atoms with van der Waals surface area (Å²) in [5.74, 6) is -0.301. The monoisotopic (exact) mass is 349 g/mol. The molecule has 0 aliphatic rings. The molecule has 3 heterocycles. The van der Waals surface area contributed by atoms with E-state index in [9.17, 15) is 4.79 Å². The van der Waals surface area contributed by atoms with Crippen LogP contribution in [0.3, 0.4) is 0 Å². The lowest BCUT2D eigenvalue weighted by Gasteiger charge is -2.10. The number of hydrogen-bond donors (Lipinski definition) is 1. The molecule has 3 aromatic heterocycles. The van der Waals surface area contributed by atoms with E-state index in [1.165, 1.54) is 6.20 Å². The Hall–Kier alpha value is -3.25. The van der Waals surface area contributed by atoms with Crippen LogP contribution in [0.1, 0.15) is 10.4 Å². The molecule has 4 aromatic rings. The van der Waals surface area contributed by atoms with Crippen molar-refractivity contribution in [1.82, 2.24) is 19.6 Å². The molecule has 4 rings (SSSR count). The van der Waals surface area contributed by atoms with E-state index in [-0.39, 0.29) is 5.91 Å². The highest BCUT2D eigenvalue weighted by Gasteiger charge is 2.16. The van der Waals surface area contributed by atoms with Crippen LogP contribution in [0, 0.1) is 0 Å². The minimum Gasteiger partial charge on any atom is -0.320 e. The molecule has 1 amide bonds. The molecule has 0 spiro atoms. The highest BCUT2D eigenvalue weighted by Crippen LogP contribution is 2.28. The van der Waals surface area contributed by atoms with Gasteiger partial charge in [0, 0.05) is 29.2 Å². The molecule has 7 heteroatoms. The number of carbonyl (C=O) groups is 1. The summed E-state index contributed by atoms with van der Waals surface area (Å²) in [4.78, 5) is 21.3. The van der Waals surface area contributed by atoms with Gasteiger partial charge in [-0.25, -0.2) is 9.50 Å². The Morgan fingerprint density at radius 1 is 1.08 bits per heavy atom. The minimum absolute atomic E-state index is 0.301. The van der Waals surface area contributed by atoms with Crippen molar-refractivity contribution < 1.29 is 4.79 Å². The standard InChI is InChI=1S/C18H12ClN5O/c19-13-5-1-4-12(10-13)16-15(6-2-7-20-16)23-18(25)14-11-22-24-9-3-8-21-17(14)24/h1-11H,(H,23,25). The topological polar surface area (TPSA) is 72.2 Å². The number of aromatic nitrogens is 4. The maximum Gasteiger partial charge on any atom is 0.261 e. The van der Waals surface area contributed by atoms with Crippen molar-refractivity contribution in [3.63, 3.8) is 0 Å². The molecule has 0 fully saturated rings. The smallest absolute Gasteiger partial charge is 0.261 e. The van der Waals surface area contributed by atoms with E-state index in [2.05, 4.69) is 20.4 Å². The highest BCUT2D eigenvalue weighted by atomic mass is 35.5. The molecule has 0 saturated heterocycles. The average molecular weight is 350 g/mol. The normalized spacial score (nSPS) is 10.8. The molecule has 0 aliphatic heterocycles. The molecule has 25 heavy (non-hydrogen) atoms. The maximum atomic E-state index is 12.7. The Morgan fingerprint density at radius 2 is 1.96 bits per heavy atom. The third-order valence-electron chi connectivity index (χ3n) is 3.68. The lowest BCUT2D eigenvalue weighted by molar-refractivity contribution is 0.102. The molecule has 6 nitrogen and oxygen atoms in total. The number of anilines is 1. The number of fused-ring (bicyclic) bond motifs is 1. The van der Waals surface area contributed by atoms with E-state index in [0.717, 1.165) is 5.56 Å². The number of halogens is 1. The Kier molecular flexibility index (Phi) is 3.87. The minimum atomic E-state index is -0.301. The van der Waals surface area contributed by atoms with Gasteiger partial charge in [0.15, 0.2) is 5.65 Å². The molecular formula is C18H12ClN5O. The van der Waals surface area contributed by atoms with E-state index in [4.69, 9.17) is 11.6 Å². The summed E-state index contributed by atoms with van der Waals surface area (Å²) in [5.41, 5.74) is 2.93. The van der Waals surface area contributed by atoms with Gasteiger partial charge in [-0.05, 0) is 30.3 Å². The molecular weight excluding hydrogens is 338 g/mol. The van der Waals surface area contributed by atoms with Crippen LogP contribution >= 0.6 is 11.6 Å². The third kappa shape index (κ3) is 2.95. The summed E-state index contributed by atoms with van der Waals surface area (Å²) in [7, 11) is 0. The zero-order valence-corrected chi connectivity index (χ0v) is 13.7. The van der Waals surface area contributed by atoms with Crippen molar-refractivity contribution in [2.75, 3.05) is 5.32 Å². The molecule has 1 N–H and O–H groups in total. The molecule has 1 aromatic carbocycles. The zero-order valence-electron chi connectivity index (χ0n) is 12.9. The number of nitrogens with zero attached hydrogens (tertiary/aromatic N) is 4. The molecule has 0 aliphatic carbocycles. The van der Waals surface area contributed by atoms with Crippen LogP contribution in [-0.2, 0) is 0 Å². The van der Waals surface area contributed by atoms with Crippen molar-refractivity contribution in [3.05, 3.63) is 77.8 Å². The lowest BCUT2D eigenvalue weighted by atomic mass is 10.1. The van der Waals surface area contributed by atoms with Crippen molar-refractivity contribution in [2.45, 2.75) is 0 Å². The predicted molar refractivity (Wildman–Crippen MR) is 95.6 cm³/mol. The second-order valence-corrected chi connectivity index (χ2v) is 5.75. The molecule has 0 atom stereocenters. The number of amides is 1. The number of pyridine rings is 1. The number of rotatable bonds is 3. The fourth-order valence-electron chi connectivity index (χ4n) is 2.55. The average Bonchev–Trinajstić information content (AvgIpc) is 3.06. The fourth-order valence-corrected chi connectivity index (χ4v) is 2.74. The van der Waals surface area contributed by atoms with Gasteiger partial charge in [-0.1, -0.05) is 23.7 Å². The Bertz CT molecular complexity index is 1080. The summed E-state index contributed by atoms with van der Waals surface area (Å²) in [6.07, 6.45) is 6.52. The van der Waals surface area contributed by atoms with Gasteiger partial charge in [0.25, 0.3) is 5.91 Å². The predicted octanol–water partition coefficient (Wildman–Crippen LogP) is 3.70. The van der Waals surface area contributed by atoms with Crippen LogP contribution in [0.4, 0.5) is 5.69 Å². The second kappa shape index (κ2) is 6.33. The van der Waals surface area contributed by atoms with Crippen LogP contribution in [0.5, 0.6) is 0 Å². The Balaban J connectivity index is 1.71. The van der Waals surface area contributed by atoms with Crippen molar-refractivity contribution in [3.8, 4) is 11.3 Å². The van der Waals surface area contributed by atoms with Gasteiger partial charge in [0.05, 0.1) is 17.6 Å². The summed E-state index contributed by atoms with van der Waals surface area (Å²) in [5, 5.41) is 7.62. The van der Waals surface area contributed by atoms with E-state index < -0.39 is 0 Å². The van der Waals surface area contributed by atoms with E-state index >= 15 is 0 Å². The van der Waals surface area contributed by atoms with Crippen molar-refractivity contribution in [2.24, 2.45) is 0 Å². The summed E-state index contributed by atoms with van der Waals surface area (Å²) in [6, 6.07) is 12.6. The molecule has 0 unspecified atom stereocenters. The number of hydrogen-bond acceptors (Lipinski definition) is 4. The first-order valence-electron chi connectivity index (χ1n) is 7.53. The maximum absolute atomic E-state index is 12.7. The molecule has 0 radical (unpaired) electrons. The van der Waals surface area contributed by atoms with Gasteiger partial charge in [-0.2, -0.15) is 5.10 Å². The van der Waals surface area contributed by atoms with Crippen LogP contribution in [0.15, 0.2) is 67.3 Å². The first-order chi connectivity index (χ1) is 12.2. The lowest BCUT2D eigenvalue weighted by Crippen LogP contribution is -2.13. The second-order valence-electron chi connectivity index (χ2n) is 5.31. The summed E-state index contributed by atoms with van der Waals surface area (Å²) >= 11 is 6.06. The van der Waals surface area contributed by atoms with Crippen molar-refractivity contribution in [1.29, 1.82) is 0 Å². The van der Waals surface area contributed by atoms with Crippen LogP contribution in [-0.4, -0.2) is 25.5 Å². The molecule has 0 bridgehead atoms. The van der Waals surface area contributed by atoms with Crippen LogP contribution < -0.4 is 5.32 Å². The van der Waals surface area contributed by atoms with Crippen molar-refractivity contribution >= 4 is 28.8 Å². The van der Waals surface area contributed by atoms with Gasteiger partial charge in [-0.15, -0.1) is 0 Å². The van der Waals surface area contributed by atoms with E-state index in [1.807, 2.05) is 12.1 Å². The van der Waals surface area contributed by atoms with Crippen LogP contribution in [0.2, 0.25) is 5.02 Å². The largest absolute Gasteiger partial charge is 0.320 e. The quantitative estimate of drug-likeness (QED) is 0.612. The number of carbonyl (C=O) groups excluding carboxylic acids is 1.